The third kappa shape index (κ3) is 3.17. The van der Waals surface area contributed by atoms with Crippen molar-refractivity contribution in [3.8, 4) is 0 Å². The highest BCUT2D eigenvalue weighted by Gasteiger charge is 2.39. The van der Waals surface area contributed by atoms with Crippen molar-refractivity contribution in [1.82, 2.24) is 4.90 Å². The molecule has 5 nitrogen and oxygen atoms in total. The zero-order valence-electron chi connectivity index (χ0n) is 12.7. The van der Waals surface area contributed by atoms with Gasteiger partial charge in [0.2, 0.25) is 0 Å². The first-order valence-electron chi connectivity index (χ1n) is 7.31. The average Bonchev–Trinajstić information content (AvgIpc) is 2.81. The normalized spacial score (nSPS) is 21.6. The van der Waals surface area contributed by atoms with Crippen LogP contribution in [-0.4, -0.2) is 34.6 Å². The fraction of sp³-hybridized carbons (Fsp3) is 0.500. The molecule has 2 amide bonds. The number of para-hydroxylation sites is 1. The molecule has 0 radical (unpaired) electrons. The summed E-state index contributed by atoms with van der Waals surface area (Å²) in [6.45, 7) is 6.47. The molecule has 1 aliphatic heterocycles. The molecule has 0 bridgehead atoms. The van der Waals surface area contributed by atoms with Gasteiger partial charge in [-0.1, -0.05) is 39.0 Å². The van der Waals surface area contributed by atoms with Crippen molar-refractivity contribution in [2.45, 2.75) is 39.2 Å². The van der Waals surface area contributed by atoms with E-state index in [4.69, 9.17) is 0 Å². The zero-order valence-corrected chi connectivity index (χ0v) is 12.7. The number of nitrogens with one attached hydrogen (secondary N) is 1. The molecular weight excluding hydrogens is 268 g/mol. The number of anilines is 1. The molecular formula is C16H22N2O3. The van der Waals surface area contributed by atoms with Gasteiger partial charge in [-0.3, -0.25) is 0 Å². The summed E-state index contributed by atoms with van der Waals surface area (Å²) in [7, 11) is 0. The monoisotopic (exact) mass is 290 g/mol. The lowest BCUT2D eigenvalue weighted by atomic mass is 10.0. The number of amides is 2. The van der Waals surface area contributed by atoms with Crippen LogP contribution in [0, 0.1) is 5.92 Å². The van der Waals surface area contributed by atoms with Crippen LogP contribution < -0.4 is 5.32 Å². The van der Waals surface area contributed by atoms with E-state index in [1.165, 1.54) is 4.90 Å². The summed E-state index contributed by atoms with van der Waals surface area (Å²) < 4.78 is 0. The summed E-state index contributed by atoms with van der Waals surface area (Å²) in [6.07, 6.45) is 0.718. The Morgan fingerprint density at radius 3 is 2.62 bits per heavy atom. The van der Waals surface area contributed by atoms with Crippen LogP contribution in [0.1, 0.15) is 38.7 Å². The number of carbonyl (C=O) groups excluding carboxylic acids is 1. The Kier molecular flexibility index (Phi) is 4.50. The highest BCUT2D eigenvalue weighted by molar-refractivity contribution is 5.93. The van der Waals surface area contributed by atoms with Crippen LogP contribution >= 0.6 is 0 Å². The molecule has 0 aliphatic carbocycles. The summed E-state index contributed by atoms with van der Waals surface area (Å²) in [6, 6.07) is 6.55. The van der Waals surface area contributed by atoms with Crippen molar-refractivity contribution in [3.05, 3.63) is 29.8 Å². The number of carboxylic acids is 1. The van der Waals surface area contributed by atoms with E-state index in [2.05, 4.69) is 19.2 Å². The first-order valence-corrected chi connectivity index (χ1v) is 7.31. The maximum atomic E-state index is 12.4. The van der Waals surface area contributed by atoms with Crippen LogP contribution in [0.2, 0.25) is 0 Å². The third-order valence-corrected chi connectivity index (χ3v) is 4.04. The number of urea groups is 1. The highest BCUT2D eigenvalue weighted by Crippen LogP contribution is 2.27. The van der Waals surface area contributed by atoms with Crippen LogP contribution in [0.15, 0.2) is 24.3 Å². The van der Waals surface area contributed by atoms with Crippen molar-refractivity contribution in [3.63, 3.8) is 0 Å². The molecule has 0 aromatic heterocycles. The van der Waals surface area contributed by atoms with E-state index in [1.54, 1.807) is 0 Å². The Bertz CT molecular complexity index is 542. The molecule has 0 saturated carbocycles. The topological polar surface area (TPSA) is 69.6 Å². The second-order valence-electron chi connectivity index (χ2n) is 5.91. The lowest BCUT2D eigenvalue weighted by Gasteiger charge is -2.24. The molecule has 0 spiro atoms. The van der Waals surface area contributed by atoms with Gasteiger partial charge >= 0.3 is 12.0 Å². The number of hydrogen-bond donors (Lipinski definition) is 2. The molecule has 1 saturated heterocycles. The molecule has 1 fully saturated rings. The van der Waals surface area contributed by atoms with Gasteiger partial charge in [-0.05, 0) is 29.9 Å². The van der Waals surface area contributed by atoms with Crippen LogP contribution in [0.25, 0.3) is 0 Å². The Balaban J connectivity index is 2.17. The van der Waals surface area contributed by atoms with Gasteiger partial charge in [0.1, 0.15) is 6.04 Å². The molecule has 21 heavy (non-hydrogen) atoms. The predicted octanol–water partition coefficient (Wildman–Crippen LogP) is 3.14. The van der Waals surface area contributed by atoms with Gasteiger partial charge in [0, 0.05) is 12.2 Å². The fourth-order valence-electron chi connectivity index (χ4n) is 2.85. The van der Waals surface area contributed by atoms with Crippen LogP contribution in [0.4, 0.5) is 10.5 Å². The summed E-state index contributed by atoms with van der Waals surface area (Å²) in [4.78, 5) is 25.2. The SMILES string of the molecule is CC(C)c1ccccc1NC(=O)N1CCC(C)C1C(=O)O. The Morgan fingerprint density at radius 2 is 2.00 bits per heavy atom. The third-order valence-electron chi connectivity index (χ3n) is 4.04. The quantitative estimate of drug-likeness (QED) is 0.898. The fourth-order valence-corrected chi connectivity index (χ4v) is 2.85. The van der Waals surface area contributed by atoms with Gasteiger partial charge in [0.05, 0.1) is 0 Å². The maximum absolute atomic E-state index is 12.4. The van der Waals surface area contributed by atoms with Crippen molar-refractivity contribution >= 4 is 17.7 Å². The van der Waals surface area contributed by atoms with Gasteiger partial charge in [0.15, 0.2) is 0 Å². The first-order chi connectivity index (χ1) is 9.91. The van der Waals surface area contributed by atoms with E-state index in [0.717, 1.165) is 17.7 Å². The van der Waals surface area contributed by atoms with E-state index in [9.17, 15) is 14.7 Å². The molecule has 2 unspecified atom stereocenters. The van der Waals surface area contributed by atoms with Crippen molar-refractivity contribution in [2.75, 3.05) is 11.9 Å². The number of carboxylic acid groups (broad SMARTS) is 1. The van der Waals surface area contributed by atoms with Crippen molar-refractivity contribution < 1.29 is 14.7 Å². The van der Waals surface area contributed by atoms with E-state index in [1.807, 2.05) is 31.2 Å². The standard InChI is InChI=1S/C16H22N2O3/c1-10(2)12-6-4-5-7-13(12)17-16(21)18-9-8-11(3)14(18)15(19)20/h4-7,10-11,14H,8-9H2,1-3H3,(H,17,21)(H,19,20). The molecule has 2 N–H and O–H groups in total. The summed E-state index contributed by atoms with van der Waals surface area (Å²) in [5.41, 5.74) is 1.80. The Labute approximate surface area is 125 Å². The van der Waals surface area contributed by atoms with Gasteiger partial charge in [-0.25, -0.2) is 9.59 Å². The molecule has 2 atom stereocenters. The summed E-state index contributed by atoms with van der Waals surface area (Å²) >= 11 is 0. The molecule has 114 valence electrons. The number of hydrogen-bond acceptors (Lipinski definition) is 2. The first kappa shape index (κ1) is 15.4. The number of rotatable bonds is 3. The predicted molar refractivity (Wildman–Crippen MR) is 81.5 cm³/mol. The zero-order chi connectivity index (χ0) is 15.6. The number of nitrogens with zero attached hydrogens (tertiary/aromatic N) is 1. The molecule has 1 aromatic carbocycles. The van der Waals surface area contributed by atoms with Crippen LogP contribution in [-0.2, 0) is 4.79 Å². The van der Waals surface area contributed by atoms with E-state index in [0.29, 0.717) is 6.54 Å². The molecule has 1 heterocycles. The number of likely N-dealkylation sites (tertiary alicyclic amines) is 1. The lowest BCUT2D eigenvalue weighted by Crippen LogP contribution is -2.44. The molecule has 5 heteroatoms. The number of carbonyl (C=O) groups is 2. The summed E-state index contributed by atoms with van der Waals surface area (Å²) in [5, 5.41) is 12.2. The average molecular weight is 290 g/mol. The summed E-state index contributed by atoms with van der Waals surface area (Å²) in [5.74, 6) is -0.671. The van der Waals surface area contributed by atoms with Crippen LogP contribution in [0.3, 0.4) is 0 Å². The minimum absolute atomic E-state index is 0.0198. The van der Waals surface area contributed by atoms with Gasteiger partial charge < -0.3 is 15.3 Å². The van der Waals surface area contributed by atoms with Crippen molar-refractivity contribution in [2.24, 2.45) is 5.92 Å². The smallest absolute Gasteiger partial charge is 0.326 e. The Morgan fingerprint density at radius 1 is 1.33 bits per heavy atom. The second-order valence-corrected chi connectivity index (χ2v) is 5.91. The van der Waals surface area contributed by atoms with E-state index >= 15 is 0 Å². The minimum atomic E-state index is -0.938. The number of aliphatic carboxylic acids is 1. The molecule has 2 rings (SSSR count). The van der Waals surface area contributed by atoms with Gasteiger partial charge in [-0.2, -0.15) is 0 Å². The van der Waals surface area contributed by atoms with Gasteiger partial charge in [0.25, 0.3) is 0 Å². The molecule has 1 aromatic rings. The second kappa shape index (κ2) is 6.16. The lowest BCUT2D eigenvalue weighted by molar-refractivity contribution is -0.142. The van der Waals surface area contributed by atoms with E-state index < -0.39 is 12.0 Å². The number of benzene rings is 1. The van der Waals surface area contributed by atoms with Crippen LogP contribution in [0.5, 0.6) is 0 Å². The van der Waals surface area contributed by atoms with Gasteiger partial charge in [-0.15, -0.1) is 0 Å². The molecule has 1 aliphatic rings. The van der Waals surface area contributed by atoms with Crippen molar-refractivity contribution in [1.29, 1.82) is 0 Å². The van der Waals surface area contributed by atoms with E-state index in [-0.39, 0.29) is 17.9 Å². The largest absolute Gasteiger partial charge is 0.480 e. The highest BCUT2D eigenvalue weighted by atomic mass is 16.4. The minimum Gasteiger partial charge on any atom is -0.480 e. The Hall–Kier alpha value is -2.04. The maximum Gasteiger partial charge on any atom is 0.326 e.